The van der Waals surface area contributed by atoms with E-state index in [1.54, 1.807) is 0 Å². The van der Waals surface area contributed by atoms with Crippen LogP contribution in [0.5, 0.6) is 0 Å². The first-order valence-electron chi connectivity index (χ1n) is 18.7. The molecule has 0 radical (unpaired) electrons. The van der Waals surface area contributed by atoms with Gasteiger partial charge in [-0.25, -0.2) is 0 Å². The molecule has 55 heavy (non-hydrogen) atoms. The summed E-state index contributed by atoms with van der Waals surface area (Å²) in [7, 11) is 0. The number of furan rings is 2. The molecule has 0 N–H and O–H groups in total. The topological polar surface area (TPSA) is 29.5 Å². The van der Waals surface area contributed by atoms with Crippen LogP contribution in [0.15, 0.2) is 209 Å². The third-order valence-electron chi connectivity index (χ3n) is 10.9. The Morgan fingerprint density at radius 1 is 0.309 bits per heavy atom. The monoisotopic (exact) mass is 703 g/mol. The van der Waals surface area contributed by atoms with E-state index < -0.39 is 0 Å². The van der Waals surface area contributed by atoms with Crippen LogP contribution in [0.4, 0.5) is 17.1 Å². The summed E-state index contributed by atoms with van der Waals surface area (Å²) in [5, 5.41) is 6.56. The molecule has 3 heteroatoms. The molecule has 0 fully saturated rings. The van der Waals surface area contributed by atoms with Gasteiger partial charge in [0.15, 0.2) is 5.58 Å². The van der Waals surface area contributed by atoms with E-state index in [1.165, 1.54) is 0 Å². The molecule has 0 saturated carbocycles. The Morgan fingerprint density at radius 3 is 1.58 bits per heavy atom. The molecule has 0 atom stereocenters. The average Bonchev–Trinajstić information content (AvgIpc) is 3.84. The SMILES string of the molecule is c1ccc(-c2ccc3c(c2)oc2c(N(c4cccc5ccccc45)c4ccc(-c5ccccc5)c5oc6cc(-c7ccccc7)ccc6c45)cccc23)cc1. The van der Waals surface area contributed by atoms with E-state index in [-0.39, 0.29) is 0 Å². The van der Waals surface area contributed by atoms with Crippen LogP contribution in [-0.4, -0.2) is 0 Å². The second kappa shape index (κ2) is 12.6. The van der Waals surface area contributed by atoms with Gasteiger partial charge >= 0.3 is 0 Å². The number of hydrogen-bond acceptors (Lipinski definition) is 3. The van der Waals surface area contributed by atoms with Crippen molar-refractivity contribution in [2.45, 2.75) is 0 Å². The van der Waals surface area contributed by atoms with Crippen LogP contribution in [-0.2, 0) is 0 Å². The lowest BCUT2D eigenvalue weighted by Gasteiger charge is -2.28. The van der Waals surface area contributed by atoms with Gasteiger partial charge in [-0.3, -0.25) is 0 Å². The van der Waals surface area contributed by atoms with E-state index in [9.17, 15) is 0 Å². The summed E-state index contributed by atoms with van der Waals surface area (Å²) < 4.78 is 13.9. The molecule has 2 heterocycles. The molecule has 0 bridgehead atoms. The third kappa shape index (κ3) is 5.13. The number of nitrogens with zero attached hydrogens (tertiary/aromatic N) is 1. The summed E-state index contributed by atoms with van der Waals surface area (Å²) in [6.07, 6.45) is 0. The highest BCUT2D eigenvalue weighted by Gasteiger charge is 2.26. The van der Waals surface area contributed by atoms with Crippen molar-refractivity contribution in [1.29, 1.82) is 0 Å². The summed E-state index contributed by atoms with van der Waals surface area (Å²) in [5.41, 5.74) is 13.1. The van der Waals surface area contributed by atoms with Crippen LogP contribution in [0.25, 0.3) is 88.0 Å². The molecule has 0 aliphatic rings. The molecular weight excluding hydrogens is 671 g/mol. The Labute approximate surface area is 317 Å². The quantitative estimate of drug-likeness (QED) is 0.173. The van der Waals surface area contributed by atoms with Crippen molar-refractivity contribution in [3.8, 4) is 33.4 Å². The first-order valence-corrected chi connectivity index (χ1v) is 18.7. The van der Waals surface area contributed by atoms with Crippen molar-refractivity contribution in [2.24, 2.45) is 0 Å². The fourth-order valence-corrected chi connectivity index (χ4v) is 8.27. The van der Waals surface area contributed by atoms with Crippen LogP contribution in [0.1, 0.15) is 0 Å². The standard InChI is InChI=1S/C52H33NO2/c1-4-14-34(15-5-1)38-26-28-42-43-23-13-25-47(51(43)54-48(42)32-38)53(45-24-12-21-36-20-10-11-22-40(36)45)46-31-30-41(37-18-8-3-9-19-37)52-50(46)44-29-27-39(33-49(44)55-52)35-16-6-2-7-17-35/h1-33H. The molecule has 9 aromatic carbocycles. The average molecular weight is 704 g/mol. The molecule has 3 nitrogen and oxygen atoms in total. The van der Waals surface area contributed by atoms with E-state index in [0.29, 0.717) is 0 Å². The number of para-hydroxylation sites is 1. The lowest BCUT2D eigenvalue weighted by molar-refractivity contribution is 0.668. The molecule has 0 aliphatic carbocycles. The van der Waals surface area contributed by atoms with E-state index in [2.05, 4.69) is 193 Å². The first-order chi connectivity index (χ1) is 27.3. The number of anilines is 3. The Balaban J connectivity index is 1.22. The summed E-state index contributed by atoms with van der Waals surface area (Å²) in [6.45, 7) is 0. The molecule has 0 spiro atoms. The van der Waals surface area contributed by atoms with Gasteiger partial charge in [-0.2, -0.15) is 0 Å². The van der Waals surface area contributed by atoms with Crippen LogP contribution < -0.4 is 4.90 Å². The lowest BCUT2D eigenvalue weighted by Crippen LogP contribution is -2.11. The predicted octanol–water partition coefficient (Wildman–Crippen LogP) is 15.1. The van der Waals surface area contributed by atoms with E-state index in [1.807, 2.05) is 12.1 Å². The zero-order chi connectivity index (χ0) is 36.3. The maximum atomic E-state index is 6.99. The zero-order valence-electron chi connectivity index (χ0n) is 29.8. The summed E-state index contributed by atoms with van der Waals surface area (Å²) >= 11 is 0. The highest BCUT2D eigenvalue weighted by molar-refractivity contribution is 6.20. The smallest absolute Gasteiger partial charge is 0.159 e. The number of rotatable bonds is 6. The van der Waals surface area contributed by atoms with Gasteiger partial charge in [-0.1, -0.05) is 152 Å². The molecule has 0 saturated heterocycles. The van der Waals surface area contributed by atoms with Crippen LogP contribution in [0.2, 0.25) is 0 Å². The van der Waals surface area contributed by atoms with E-state index in [0.717, 1.165) is 105 Å². The minimum atomic E-state index is 0.829. The van der Waals surface area contributed by atoms with Crippen LogP contribution >= 0.6 is 0 Å². The first kappa shape index (κ1) is 31.2. The van der Waals surface area contributed by atoms with Gasteiger partial charge in [0, 0.05) is 27.1 Å². The van der Waals surface area contributed by atoms with Gasteiger partial charge in [0.25, 0.3) is 0 Å². The van der Waals surface area contributed by atoms with Crippen molar-refractivity contribution < 1.29 is 8.83 Å². The maximum absolute atomic E-state index is 6.99. The second-order valence-electron chi connectivity index (χ2n) is 14.0. The molecule has 11 aromatic rings. The Hall–Kier alpha value is -7.36. The van der Waals surface area contributed by atoms with Gasteiger partial charge in [0.2, 0.25) is 0 Å². The normalized spacial score (nSPS) is 11.6. The predicted molar refractivity (Wildman–Crippen MR) is 229 cm³/mol. The van der Waals surface area contributed by atoms with Crippen molar-refractivity contribution in [1.82, 2.24) is 0 Å². The van der Waals surface area contributed by atoms with Crippen molar-refractivity contribution in [3.05, 3.63) is 200 Å². The Kier molecular flexibility index (Phi) is 7.17. The van der Waals surface area contributed by atoms with Crippen molar-refractivity contribution >= 4 is 71.7 Å². The Morgan fingerprint density at radius 2 is 0.855 bits per heavy atom. The van der Waals surface area contributed by atoms with E-state index >= 15 is 0 Å². The fourth-order valence-electron chi connectivity index (χ4n) is 8.27. The molecule has 0 unspecified atom stereocenters. The van der Waals surface area contributed by atoms with Gasteiger partial charge in [-0.15, -0.1) is 0 Å². The van der Waals surface area contributed by atoms with Gasteiger partial charge in [0.05, 0.1) is 22.4 Å². The molecule has 258 valence electrons. The fraction of sp³-hybridized carbons (Fsp3) is 0. The molecule has 0 amide bonds. The third-order valence-corrected chi connectivity index (χ3v) is 10.9. The highest BCUT2D eigenvalue weighted by Crippen LogP contribution is 2.50. The van der Waals surface area contributed by atoms with Crippen molar-refractivity contribution in [3.63, 3.8) is 0 Å². The largest absolute Gasteiger partial charge is 0.455 e. The number of hydrogen-bond donors (Lipinski definition) is 0. The van der Waals surface area contributed by atoms with Crippen molar-refractivity contribution in [2.75, 3.05) is 4.90 Å². The van der Waals surface area contributed by atoms with Gasteiger partial charge in [-0.05, 0) is 81.7 Å². The zero-order valence-corrected chi connectivity index (χ0v) is 29.8. The molecule has 2 aromatic heterocycles. The second-order valence-corrected chi connectivity index (χ2v) is 14.0. The molecule has 11 rings (SSSR count). The molecule has 0 aliphatic heterocycles. The van der Waals surface area contributed by atoms with E-state index in [4.69, 9.17) is 8.83 Å². The summed E-state index contributed by atoms with van der Waals surface area (Å²) in [6, 6.07) is 70.7. The van der Waals surface area contributed by atoms with Crippen LogP contribution in [0.3, 0.4) is 0 Å². The Bertz CT molecular complexity index is 3190. The summed E-state index contributed by atoms with van der Waals surface area (Å²) in [5.74, 6) is 0. The maximum Gasteiger partial charge on any atom is 0.159 e. The minimum absolute atomic E-state index is 0.829. The number of fused-ring (bicyclic) bond motifs is 7. The minimum Gasteiger partial charge on any atom is -0.455 e. The lowest BCUT2D eigenvalue weighted by atomic mass is 9.98. The molecular formula is C52H33NO2. The van der Waals surface area contributed by atoms with Gasteiger partial charge < -0.3 is 13.7 Å². The summed E-state index contributed by atoms with van der Waals surface area (Å²) in [4.78, 5) is 2.38. The van der Waals surface area contributed by atoms with Crippen LogP contribution in [0, 0.1) is 0 Å². The number of benzene rings is 9. The highest BCUT2D eigenvalue weighted by atomic mass is 16.3. The van der Waals surface area contributed by atoms with Gasteiger partial charge in [0.1, 0.15) is 16.7 Å².